The molecule has 0 amide bonds. The highest BCUT2D eigenvalue weighted by Crippen LogP contribution is 2.17. The fraction of sp³-hybridized carbons (Fsp3) is 0.0625. The zero-order valence-corrected chi connectivity index (χ0v) is 11.6. The lowest BCUT2D eigenvalue weighted by Gasteiger charge is -2.06. The molecule has 6 nitrogen and oxygen atoms in total. The van der Waals surface area contributed by atoms with E-state index in [2.05, 4.69) is 0 Å². The summed E-state index contributed by atoms with van der Waals surface area (Å²) >= 11 is 0. The van der Waals surface area contributed by atoms with Crippen LogP contribution in [-0.4, -0.2) is 11.7 Å². The summed E-state index contributed by atoms with van der Waals surface area (Å²) in [6.07, 6.45) is 0. The number of hydrogen-bond donors (Lipinski definition) is 0. The van der Waals surface area contributed by atoms with E-state index in [9.17, 15) is 9.59 Å². The first-order valence-electron chi connectivity index (χ1n) is 6.38. The molecule has 2 aromatic carbocycles. The van der Waals surface area contributed by atoms with Crippen molar-refractivity contribution in [3.63, 3.8) is 0 Å². The lowest BCUT2D eigenvalue weighted by atomic mass is 10.2. The van der Waals surface area contributed by atoms with Crippen molar-refractivity contribution in [2.45, 2.75) is 0 Å². The van der Waals surface area contributed by atoms with Crippen LogP contribution in [0.25, 0.3) is 16.7 Å². The highest BCUT2D eigenvalue weighted by atomic mass is 16.5. The van der Waals surface area contributed by atoms with Crippen molar-refractivity contribution in [1.29, 1.82) is 5.26 Å². The van der Waals surface area contributed by atoms with Gasteiger partial charge in [-0.25, -0.2) is 9.36 Å². The molecule has 0 spiro atoms. The summed E-state index contributed by atoms with van der Waals surface area (Å²) in [5, 5.41) is 9.03. The fourth-order valence-corrected chi connectivity index (χ4v) is 2.14. The van der Waals surface area contributed by atoms with E-state index in [0.717, 1.165) is 4.57 Å². The van der Waals surface area contributed by atoms with Crippen molar-refractivity contribution in [2.75, 3.05) is 7.11 Å². The van der Waals surface area contributed by atoms with Crippen LogP contribution in [0, 0.1) is 11.3 Å². The summed E-state index contributed by atoms with van der Waals surface area (Å²) in [5.74, 6) is -0.294. The third kappa shape index (κ3) is 2.15. The molecule has 0 bridgehead atoms. The van der Waals surface area contributed by atoms with E-state index in [-0.39, 0.29) is 11.0 Å². The summed E-state index contributed by atoms with van der Waals surface area (Å²) in [4.78, 5) is 24.6. The number of benzene rings is 2. The number of fused-ring (bicyclic) bond motifs is 1. The van der Waals surface area contributed by atoms with E-state index in [1.54, 1.807) is 6.07 Å². The maximum absolute atomic E-state index is 12.6. The van der Waals surface area contributed by atoms with Crippen molar-refractivity contribution in [2.24, 2.45) is 0 Å². The SMILES string of the molecule is COc1ccc2oc(=O)n(-c3ccc(C#N)cc3)c(=O)c2c1. The van der Waals surface area contributed by atoms with Gasteiger partial charge in [-0.3, -0.25) is 4.79 Å². The van der Waals surface area contributed by atoms with Crippen LogP contribution in [-0.2, 0) is 0 Å². The number of aromatic nitrogens is 1. The van der Waals surface area contributed by atoms with Crippen LogP contribution in [0.4, 0.5) is 0 Å². The predicted octanol–water partition coefficient (Wildman–Crippen LogP) is 1.82. The van der Waals surface area contributed by atoms with Gasteiger partial charge in [0.05, 0.1) is 29.8 Å². The van der Waals surface area contributed by atoms with Crippen molar-refractivity contribution in [3.8, 4) is 17.5 Å². The van der Waals surface area contributed by atoms with Crippen LogP contribution >= 0.6 is 0 Å². The second kappa shape index (κ2) is 5.22. The van der Waals surface area contributed by atoms with E-state index in [1.165, 1.54) is 43.5 Å². The second-order valence-corrected chi connectivity index (χ2v) is 4.53. The van der Waals surface area contributed by atoms with Gasteiger partial charge in [0, 0.05) is 0 Å². The highest BCUT2D eigenvalue weighted by molar-refractivity contribution is 5.77. The molecule has 0 unspecified atom stereocenters. The second-order valence-electron chi connectivity index (χ2n) is 4.53. The predicted molar refractivity (Wildman–Crippen MR) is 79.3 cm³/mol. The van der Waals surface area contributed by atoms with Gasteiger partial charge < -0.3 is 9.15 Å². The van der Waals surface area contributed by atoms with Crippen molar-refractivity contribution in [3.05, 3.63) is 68.9 Å². The number of nitriles is 1. The molecule has 0 N–H and O–H groups in total. The Morgan fingerprint density at radius 2 is 1.86 bits per heavy atom. The number of ether oxygens (including phenoxy) is 1. The lowest BCUT2D eigenvalue weighted by molar-refractivity contribution is 0.414. The maximum Gasteiger partial charge on any atom is 0.426 e. The highest BCUT2D eigenvalue weighted by Gasteiger charge is 2.12. The topological polar surface area (TPSA) is 85.2 Å². The molecule has 0 aliphatic carbocycles. The van der Waals surface area contributed by atoms with Crippen LogP contribution in [0.2, 0.25) is 0 Å². The molecular formula is C16H10N2O4. The quantitative estimate of drug-likeness (QED) is 0.719. The van der Waals surface area contributed by atoms with Crippen LogP contribution in [0.3, 0.4) is 0 Å². The van der Waals surface area contributed by atoms with Crippen molar-refractivity contribution in [1.82, 2.24) is 4.57 Å². The minimum Gasteiger partial charge on any atom is -0.497 e. The molecule has 3 aromatic rings. The first-order valence-corrected chi connectivity index (χ1v) is 6.38. The molecule has 0 aliphatic heterocycles. The molecule has 6 heteroatoms. The zero-order chi connectivity index (χ0) is 15.7. The first-order chi connectivity index (χ1) is 10.6. The Bertz CT molecular complexity index is 1010. The third-order valence-corrected chi connectivity index (χ3v) is 3.25. The Hall–Kier alpha value is -3.33. The number of nitrogens with zero attached hydrogens (tertiary/aromatic N) is 2. The molecule has 22 heavy (non-hydrogen) atoms. The van der Waals surface area contributed by atoms with Gasteiger partial charge in [0.2, 0.25) is 0 Å². The number of hydrogen-bond acceptors (Lipinski definition) is 5. The summed E-state index contributed by atoms with van der Waals surface area (Å²) in [6.45, 7) is 0. The molecule has 0 radical (unpaired) electrons. The van der Waals surface area contributed by atoms with Gasteiger partial charge in [-0.15, -0.1) is 0 Å². The van der Waals surface area contributed by atoms with Crippen LogP contribution in [0.15, 0.2) is 56.5 Å². The monoisotopic (exact) mass is 294 g/mol. The summed E-state index contributed by atoms with van der Waals surface area (Å²) in [5.41, 5.74) is 0.460. The third-order valence-electron chi connectivity index (χ3n) is 3.25. The van der Waals surface area contributed by atoms with Gasteiger partial charge in [0.15, 0.2) is 0 Å². The van der Waals surface area contributed by atoms with E-state index in [1.807, 2.05) is 6.07 Å². The molecule has 0 saturated heterocycles. The Kier molecular flexibility index (Phi) is 3.24. The summed E-state index contributed by atoms with van der Waals surface area (Å²) in [7, 11) is 1.49. The Labute approximate surface area is 124 Å². The van der Waals surface area contributed by atoms with Crippen LogP contribution in [0.5, 0.6) is 5.75 Å². The van der Waals surface area contributed by atoms with Gasteiger partial charge in [-0.2, -0.15) is 5.26 Å². The fourth-order valence-electron chi connectivity index (χ4n) is 2.14. The van der Waals surface area contributed by atoms with Crippen LogP contribution in [0.1, 0.15) is 5.56 Å². The molecule has 108 valence electrons. The molecule has 3 rings (SSSR count). The maximum atomic E-state index is 12.6. The largest absolute Gasteiger partial charge is 0.497 e. The normalized spacial score (nSPS) is 10.4. The van der Waals surface area contributed by atoms with Gasteiger partial charge in [-0.1, -0.05) is 0 Å². The number of rotatable bonds is 2. The molecule has 0 atom stereocenters. The minimum absolute atomic E-state index is 0.195. The van der Waals surface area contributed by atoms with Crippen LogP contribution < -0.4 is 16.1 Å². The van der Waals surface area contributed by atoms with Gasteiger partial charge >= 0.3 is 5.76 Å². The number of methoxy groups -OCH3 is 1. The Balaban J connectivity index is 2.31. The van der Waals surface area contributed by atoms with E-state index < -0.39 is 11.3 Å². The lowest BCUT2D eigenvalue weighted by Crippen LogP contribution is -2.30. The standard InChI is InChI=1S/C16H10N2O4/c1-21-12-6-7-14-13(8-12)15(19)18(16(20)22-14)11-4-2-10(9-17)3-5-11/h2-8H,1H3. The molecule has 0 saturated carbocycles. The molecule has 0 fully saturated rings. The average Bonchev–Trinajstić information content (AvgIpc) is 2.55. The minimum atomic E-state index is -0.785. The average molecular weight is 294 g/mol. The molecular weight excluding hydrogens is 284 g/mol. The Morgan fingerprint density at radius 3 is 2.50 bits per heavy atom. The molecule has 1 heterocycles. The molecule has 0 aliphatic rings. The zero-order valence-electron chi connectivity index (χ0n) is 11.6. The Morgan fingerprint density at radius 1 is 1.14 bits per heavy atom. The smallest absolute Gasteiger partial charge is 0.426 e. The molecule has 1 aromatic heterocycles. The van der Waals surface area contributed by atoms with Crippen molar-refractivity contribution < 1.29 is 9.15 Å². The summed E-state index contributed by atoms with van der Waals surface area (Å²) < 4.78 is 11.2. The first kappa shape index (κ1) is 13.6. The summed E-state index contributed by atoms with van der Waals surface area (Å²) in [6, 6.07) is 12.7. The van der Waals surface area contributed by atoms with Gasteiger partial charge in [-0.05, 0) is 42.5 Å². The van der Waals surface area contributed by atoms with Gasteiger partial charge in [0.1, 0.15) is 11.3 Å². The van der Waals surface area contributed by atoms with Gasteiger partial charge in [0.25, 0.3) is 5.56 Å². The van der Waals surface area contributed by atoms with Crippen molar-refractivity contribution >= 4 is 11.0 Å². The van der Waals surface area contributed by atoms with E-state index >= 15 is 0 Å². The van der Waals surface area contributed by atoms with E-state index in [4.69, 9.17) is 14.4 Å². The van der Waals surface area contributed by atoms with E-state index in [0.29, 0.717) is 17.0 Å².